The molecule has 0 radical (unpaired) electrons. The molecule has 8 heterocycles. The lowest BCUT2D eigenvalue weighted by molar-refractivity contribution is -0.137. The molecule has 2 N–H and O–H groups in total. The number of nitrogens with one attached hydrogen (secondary N) is 2. The summed E-state index contributed by atoms with van der Waals surface area (Å²) in [5.41, 5.74) is 3.30. The molecule has 0 spiro atoms. The Morgan fingerprint density at radius 3 is 1.51 bits per heavy atom. The van der Waals surface area contributed by atoms with Gasteiger partial charge in [-0.2, -0.15) is 23.1 Å². The van der Waals surface area contributed by atoms with Crippen molar-refractivity contribution in [2.45, 2.75) is 121 Å². The summed E-state index contributed by atoms with van der Waals surface area (Å²) < 4.78 is 44.1. The van der Waals surface area contributed by atoms with E-state index in [1.807, 2.05) is 36.7 Å². The first kappa shape index (κ1) is 45.6. The summed E-state index contributed by atoms with van der Waals surface area (Å²) in [6.07, 6.45) is 9.76. The Labute approximate surface area is 405 Å². The Morgan fingerprint density at radius 2 is 1.04 bits per heavy atom. The zero-order valence-electron chi connectivity index (χ0n) is 39.2. The first-order valence-electron chi connectivity index (χ1n) is 24.9. The van der Waals surface area contributed by atoms with Gasteiger partial charge in [-0.1, -0.05) is 54.8 Å². The number of piperidine rings is 2. The van der Waals surface area contributed by atoms with Crippen LogP contribution in [0.25, 0.3) is 0 Å². The van der Waals surface area contributed by atoms with Gasteiger partial charge in [-0.25, -0.2) is 29.3 Å². The number of anilines is 4. The van der Waals surface area contributed by atoms with E-state index >= 15 is 0 Å². The van der Waals surface area contributed by atoms with Crippen LogP contribution in [0, 0.1) is 37.5 Å². The van der Waals surface area contributed by atoms with Gasteiger partial charge in [0.25, 0.3) is 0 Å². The second kappa shape index (κ2) is 19.2. The molecule has 69 heavy (non-hydrogen) atoms. The molecular weight excluding hydrogens is 901 g/mol. The summed E-state index contributed by atoms with van der Waals surface area (Å²) in [7, 11) is 0. The van der Waals surface area contributed by atoms with Gasteiger partial charge in [0.05, 0.1) is 5.56 Å². The second-order valence-corrected chi connectivity index (χ2v) is 20.6. The van der Waals surface area contributed by atoms with E-state index in [4.69, 9.17) is 31.8 Å². The van der Waals surface area contributed by atoms with Crippen molar-refractivity contribution in [3.8, 4) is 0 Å². The largest absolute Gasteiger partial charge is 0.416 e. The quantitative estimate of drug-likeness (QED) is 0.150. The molecule has 4 aliphatic heterocycles. The molecule has 0 amide bonds. The van der Waals surface area contributed by atoms with Gasteiger partial charge < -0.3 is 20.4 Å². The molecule has 8 atom stereocenters. The van der Waals surface area contributed by atoms with E-state index in [-0.39, 0.29) is 17.9 Å². The van der Waals surface area contributed by atoms with Crippen LogP contribution in [0.2, 0.25) is 5.02 Å². The third-order valence-electron chi connectivity index (χ3n) is 15.6. The average molecular weight is 962 g/mol. The molecule has 12 rings (SSSR count). The molecule has 2 unspecified atom stereocenters. The summed E-state index contributed by atoms with van der Waals surface area (Å²) in [5, 5.41) is 17.9. The number of benzene rings is 2. The van der Waals surface area contributed by atoms with Gasteiger partial charge in [0.2, 0.25) is 11.9 Å². The van der Waals surface area contributed by atoms with E-state index in [0.717, 1.165) is 136 Å². The topological polar surface area (TPSA) is 144 Å². The van der Waals surface area contributed by atoms with Crippen LogP contribution in [-0.2, 0) is 19.3 Å². The zero-order chi connectivity index (χ0) is 47.2. The summed E-state index contributed by atoms with van der Waals surface area (Å²) >= 11 is 6.13. The summed E-state index contributed by atoms with van der Waals surface area (Å²) in [6, 6.07) is 18.7. The molecular formula is C51H60ClF3N14. The maximum absolute atomic E-state index is 13.4. The average Bonchev–Trinajstić information content (AvgIpc) is 3.95. The third-order valence-corrected chi connectivity index (χ3v) is 15.9. The van der Waals surface area contributed by atoms with Gasteiger partial charge in [-0.05, 0) is 118 Å². The van der Waals surface area contributed by atoms with Crippen LogP contribution in [0.5, 0.6) is 0 Å². The van der Waals surface area contributed by atoms with Crippen LogP contribution in [0.3, 0.4) is 0 Å². The van der Waals surface area contributed by atoms with E-state index in [0.29, 0.717) is 41.2 Å². The maximum Gasteiger partial charge on any atom is 0.416 e. The minimum atomic E-state index is -4.36. The number of halogens is 4. The highest BCUT2D eigenvalue weighted by atomic mass is 35.5. The van der Waals surface area contributed by atoms with Crippen molar-refractivity contribution in [1.29, 1.82) is 0 Å². The standard InChI is InChI=1S/C26H30F3N7.C25H30ClN7/c1-16-11-22(31-15-30-16)35-13-18-8-9-19(14-35)23(18)32-25-33-24-21(7-2-3-10-36(24)34-25)17-5-4-6-20(12-17)26(27,28)29;1-16-12-22(28-15-27-16)32-13-18-5-6-19(14-32)23(18)29-25-30-24-21(4-2-3-11-33(24)31-25)17-7-9-20(26)10-8-17/h4-6,11-12,15,18-19,21,23H,2-3,7-10,13-14H2,1H3,(H,32,34);7-10,12,15,18-19,21,23H,2-6,11,13-14H2,1H3,(H,29,31)/t2*18-,19+,21-,23?/m11/s1. The van der Waals surface area contributed by atoms with Gasteiger partial charge in [0.1, 0.15) is 35.9 Å². The highest BCUT2D eigenvalue weighted by Gasteiger charge is 2.45. The van der Waals surface area contributed by atoms with Crippen molar-refractivity contribution in [3.05, 3.63) is 118 Å². The predicted octanol–water partition coefficient (Wildman–Crippen LogP) is 9.71. The van der Waals surface area contributed by atoms with Crippen LogP contribution >= 0.6 is 11.6 Å². The fraction of sp³-hybridized carbons (Fsp3) is 0.529. The van der Waals surface area contributed by atoms with Crippen LogP contribution < -0.4 is 20.4 Å². The normalized spacial score (nSPS) is 26.3. The van der Waals surface area contributed by atoms with Crippen molar-refractivity contribution < 1.29 is 13.2 Å². The van der Waals surface area contributed by atoms with Gasteiger partial charge in [0, 0.05) is 91.7 Å². The maximum atomic E-state index is 13.4. The van der Waals surface area contributed by atoms with Crippen molar-refractivity contribution >= 4 is 35.1 Å². The van der Waals surface area contributed by atoms with Crippen LogP contribution in [0.15, 0.2) is 73.3 Å². The first-order chi connectivity index (χ1) is 33.5. The fourth-order valence-corrected chi connectivity index (χ4v) is 12.4. The lowest BCUT2D eigenvalue weighted by Crippen LogP contribution is -2.48. The van der Waals surface area contributed by atoms with Crippen LogP contribution in [0.1, 0.15) is 116 Å². The number of fused-ring (bicyclic) bond motifs is 6. The Balaban J connectivity index is 0.000000151. The van der Waals surface area contributed by atoms with E-state index < -0.39 is 11.7 Å². The molecule has 2 saturated heterocycles. The molecule has 14 nitrogen and oxygen atoms in total. The number of aryl methyl sites for hydroxylation is 4. The molecule has 4 aromatic heterocycles. The van der Waals surface area contributed by atoms with E-state index in [1.54, 1.807) is 18.7 Å². The van der Waals surface area contributed by atoms with E-state index in [2.05, 4.69) is 63.3 Å². The van der Waals surface area contributed by atoms with Crippen molar-refractivity contribution in [1.82, 2.24) is 49.5 Å². The SMILES string of the molecule is Cc1cc(N2C[C@H]3CC[C@@H](C2)C3Nc2nc3n(n2)CCCC[C@@H]3c2ccc(Cl)cc2)ncn1.Cc1cc(N2C[C@H]3CC[C@@H](C2)C3Nc2nc3n(n2)CCCC[C@@H]3c2cccc(C(F)(F)F)c2)ncn1. The zero-order valence-corrected chi connectivity index (χ0v) is 40.0. The molecule has 18 heteroatoms. The highest BCUT2D eigenvalue weighted by molar-refractivity contribution is 6.30. The third kappa shape index (κ3) is 9.72. The number of hydrogen-bond donors (Lipinski definition) is 2. The minimum Gasteiger partial charge on any atom is -0.356 e. The Hall–Kier alpha value is -5.84. The number of alkyl halides is 3. The van der Waals surface area contributed by atoms with Gasteiger partial charge in [-0.3, -0.25) is 0 Å². The van der Waals surface area contributed by atoms with Crippen molar-refractivity contribution in [3.63, 3.8) is 0 Å². The van der Waals surface area contributed by atoms with E-state index in [1.165, 1.54) is 37.0 Å². The molecule has 4 fully saturated rings. The lowest BCUT2D eigenvalue weighted by Gasteiger charge is -2.38. The number of rotatable bonds is 8. The first-order valence-corrected chi connectivity index (χ1v) is 25.3. The smallest absolute Gasteiger partial charge is 0.356 e. The monoisotopic (exact) mass is 960 g/mol. The second-order valence-electron chi connectivity index (χ2n) is 20.2. The van der Waals surface area contributed by atoms with Crippen molar-refractivity contribution in [2.24, 2.45) is 23.7 Å². The van der Waals surface area contributed by atoms with Crippen LogP contribution in [0.4, 0.5) is 36.7 Å². The van der Waals surface area contributed by atoms with Gasteiger partial charge in [0.15, 0.2) is 0 Å². The molecule has 6 aliphatic rings. The Kier molecular flexibility index (Phi) is 12.7. The number of nitrogens with zero attached hydrogens (tertiary/aromatic N) is 12. The molecule has 4 bridgehead atoms. The molecule has 2 saturated carbocycles. The van der Waals surface area contributed by atoms with Crippen molar-refractivity contribution in [2.75, 3.05) is 46.6 Å². The van der Waals surface area contributed by atoms with Crippen LogP contribution in [-0.4, -0.2) is 87.7 Å². The Bertz CT molecular complexity index is 2710. The van der Waals surface area contributed by atoms with Gasteiger partial charge >= 0.3 is 6.18 Å². The summed E-state index contributed by atoms with van der Waals surface area (Å²) in [4.78, 5) is 32.2. The molecule has 362 valence electrons. The Morgan fingerprint density at radius 1 is 0.565 bits per heavy atom. The summed E-state index contributed by atoms with van der Waals surface area (Å²) in [6.45, 7) is 9.56. The molecule has 2 aromatic carbocycles. The summed E-state index contributed by atoms with van der Waals surface area (Å²) in [5.74, 6) is 7.41. The van der Waals surface area contributed by atoms with E-state index in [9.17, 15) is 13.2 Å². The molecule has 6 aromatic rings. The lowest BCUT2D eigenvalue weighted by atomic mass is 9.92. The molecule has 2 aliphatic carbocycles. The van der Waals surface area contributed by atoms with Gasteiger partial charge in [-0.15, -0.1) is 10.2 Å². The number of aromatic nitrogens is 10. The minimum absolute atomic E-state index is 0.197. The highest BCUT2D eigenvalue weighted by Crippen LogP contribution is 2.43. The fourth-order valence-electron chi connectivity index (χ4n) is 12.2. The predicted molar refractivity (Wildman–Crippen MR) is 260 cm³/mol. The number of hydrogen-bond acceptors (Lipinski definition) is 12.